The molecule has 0 atom stereocenters. The average molecular weight is 298 g/mol. The second kappa shape index (κ2) is 5.93. The maximum Gasteiger partial charge on any atom is 0.211 e. The predicted octanol–water partition coefficient (Wildman–Crippen LogP) is 3.60. The summed E-state index contributed by atoms with van der Waals surface area (Å²) in [5.41, 5.74) is 1.67. The number of aromatic nitrogens is 1. The Labute approximate surface area is 126 Å². The van der Waals surface area contributed by atoms with E-state index >= 15 is 0 Å². The minimum atomic E-state index is -0.317. The highest BCUT2D eigenvalue weighted by molar-refractivity contribution is 5.30. The third-order valence-electron chi connectivity index (χ3n) is 3.48. The monoisotopic (exact) mass is 298 g/mol. The van der Waals surface area contributed by atoms with Crippen molar-refractivity contribution in [1.82, 2.24) is 0 Å². The van der Waals surface area contributed by atoms with Crippen LogP contribution in [0.3, 0.4) is 0 Å². The molecule has 0 bridgehead atoms. The van der Waals surface area contributed by atoms with Gasteiger partial charge in [-0.25, -0.2) is 8.78 Å². The Hall–Kier alpha value is -2.75. The van der Waals surface area contributed by atoms with Crippen molar-refractivity contribution in [2.75, 3.05) is 0 Å². The summed E-state index contributed by atoms with van der Waals surface area (Å²) in [6.07, 6.45) is 3.38. The number of halogens is 2. The van der Waals surface area contributed by atoms with Crippen molar-refractivity contribution in [3.05, 3.63) is 95.8 Å². The molecule has 0 radical (unpaired) electrons. The zero-order valence-electron chi connectivity index (χ0n) is 11.7. The fraction of sp³-hybridized carbons (Fsp3) is 0.0556. The molecule has 0 fully saturated rings. The van der Waals surface area contributed by atoms with Crippen LogP contribution in [-0.2, 0) is 0 Å². The molecule has 3 rings (SSSR count). The first-order valence-corrected chi connectivity index (χ1v) is 6.84. The molecule has 2 aromatic carbocycles. The van der Waals surface area contributed by atoms with Gasteiger partial charge in [0, 0.05) is 17.2 Å². The lowest BCUT2D eigenvalue weighted by Crippen LogP contribution is -2.40. The van der Waals surface area contributed by atoms with Crippen LogP contribution < -0.4 is 4.57 Å². The van der Waals surface area contributed by atoms with Crippen molar-refractivity contribution < 1.29 is 18.5 Å². The molecule has 1 heterocycles. The van der Waals surface area contributed by atoms with Crippen molar-refractivity contribution in [3.63, 3.8) is 0 Å². The highest BCUT2D eigenvalue weighted by Gasteiger charge is 2.23. The van der Waals surface area contributed by atoms with Gasteiger partial charge in [0.25, 0.3) is 0 Å². The molecular formula is C18H14F2NO+. The Morgan fingerprint density at radius 3 is 1.73 bits per heavy atom. The molecule has 22 heavy (non-hydrogen) atoms. The fourth-order valence-corrected chi connectivity index (χ4v) is 2.47. The molecule has 0 aliphatic rings. The van der Waals surface area contributed by atoms with E-state index in [1.54, 1.807) is 53.4 Å². The van der Waals surface area contributed by atoms with Crippen molar-refractivity contribution in [1.29, 1.82) is 0 Å². The van der Waals surface area contributed by atoms with Gasteiger partial charge in [0.2, 0.25) is 12.2 Å². The van der Waals surface area contributed by atoms with E-state index in [0.29, 0.717) is 0 Å². The van der Waals surface area contributed by atoms with E-state index in [4.69, 9.17) is 0 Å². The molecular weight excluding hydrogens is 284 g/mol. The smallest absolute Gasteiger partial charge is 0.211 e. The molecule has 0 aliphatic heterocycles. The van der Waals surface area contributed by atoms with Gasteiger partial charge in [0.05, 0.1) is 0 Å². The van der Waals surface area contributed by atoms with E-state index in [-0.39, 0.29) is 23.4 Å². The molecule has 0 aliphatic carbocycles. The van der Waals surface area contributed by atoms with Crippen LogP contribution in [0.4, 0.5) is 8.78 Å². The molecule has 0 unspecified atom stereocenters. The SMILES string of the molecule is Oc1ccc[n+](C(c2ccc(F)cc2)c2ccc(F)cc2)c1. The summed E-state index contributed by atoms with van der Waals surface area (Å²) < 4.78 is 28.2. The van der Waals surface area contributed by atoms with Crippen LogP contribution >= 0.6 is 0 Å². The Balaban J connectivity index is 2.13. The van der Waals surface area contributed by atoms with Gasteiger partial charge < -0.3 is 5.11 Å². The van der Waals surface area contributed by atoms with Crippen molar-refractivity contribution in [2.24, 2.45) is 0 Å². The Morgan fingerprint density at radius 2 is 1.27 bits per heavy atom. The summed E-state index contributed by atoms with van der Waals surface area (Å²) in [6, 6.07) is 15.3. The number of hydrogen-bond acceptors (Lipinski definition) is 1. The molecule has 1 aromatic heterocycles. The summed E-state index contributed by atoms with van der Waals surface area (Å²) in [5, 5.41) is 9.70. The van der Waals surface area contributed by atoms with E-state index < -0.39 is 0 Å². The molecule has 0 amide bonds. The normalized spacial score (nSPS) is 10.9. The summed E-state index contributed by atoms with van der Waals surface area (Å²) in [5.74, 6) is -0.512. The molecule has 3 aromatic rings. The summed E-state index contributed by atoms with van der Waals surface area (Å²) >= 11 is 0. The largest absolute Gasteiger partial charge is 0.503 e. The van der Waals surface area contributed by atoms with Crippen LogP contribution in [0.15, 0.2) is 73.1 Å². The minimum absolute atomic E-state index is 0.122. The summed E-state index contributed by atoms with van der Waals surface area (Å²) in [4.78, 5) is 0. The highest BCUT2D eigenvalue weighted by atomic mass is 19.1. The summed E-state index contributed by atoms with van der Waals surface area (Å²) in [7, 11) is 0. The van der Waals surface area contributed by atoms with Crippen molar-refractivity contribution in [2.45, 2.75) is 6.04 Å². The van der Waals surface area contributed by atoms with Crippen LogP contribution in [0.5, 0.6) is 5.75 Å². The lowest BCUT2D eigenvalue weighted by atomic mass is 9.98. The van der Waals surface area contributed by atoms with E-state index in [9.17, 15) is 13.9 Å². The van der Waals surface area contributed by atoms with Gasteiger partial charge in [0.15, 0.2) is 11.9 Å². The first kappa shape index (κ1) is 14.2. The first-order valence-electron chi connectivity index (χ1n) is 6.84. The molecule has 0 saturated carbocycles. The quantitative estimate of drug-likeness (QED) is 0.734. The van der Waals surface area contributed by atoms with E-state index in [0.717, 1.165) is 11.1 Å². The third kappa shape index (κ3) is 2.96. The van der Waals surface area contributed by atoms with E-state index in [1.807, 2.05) is 0 Å². The molecule has 0 saturated heterocycles. The van der Waals surface area contributed by atoms with Gasteiger partial charge in [-0.2, -0.15) is 4.57 Å². The fourth-order valence-electron chi connectivity index (χ4n) is 2.47. The molecule has 4 heteroatoms. The average Bonchev–Trinajstić information content (AvgIpc) is 2.51. The third-order valence-corrected chi connectivity index (χ3v) is 3.48. The van der Waals surface area contributed by atoms with Crippen molar-refractivity contribution in [3.8, 4) is 5.75 Å². The standard InChI is InChI=1S/C18H13F2NO/c19-15-7-3-13(4-8-15)18(14-5-9-16(20)10-6-14)21-11-1-2-17(22)12-21/h1-12,18H/p+1. The maximum absolute atomic E-state index is 13.2. The Kier molecular flexibility index (Phi) is 3.83. The zero-order chi connectivity index (χ0) is 15.5. The lowest BCUT2D eigenvalue weighted by molar-refractivity contribution is -0.705. The van der Waals surface area contributed by atoms with Gasteiger partial charge >= 0.3 is 0 Å². The number of pyridine rings is 1. The van der Waals surface area contributed by atoms with E-state index in [2.05, 4.69) is 0 Å². The molecule has 110 valence electrons. The van der Waals surface area contributed by atoms with Gasteiger partial charge in [-0.3, -0.25) is 0 Å². The van der Waals surface area contributed by atoms with Crippen LogP contribution in [0.25, 0.3) is 0 Å². The number of benzene rings is 2. The van der Waals surface area contributed by atoms with Crippen LogP contribution in [0.2, 0.25) is 0 Å². The highest BCUT2D eigenvalue weighted by Crippen LogP contribution is 2.23. The predicted molar refractivity (Wildman–Crippen MR) is 78.3 cm³/mol. The number of aromatic hydroxyl groups is 1. The summed E-state index contributed by atoms with van der Waals surface area (Å²) in [6.45, 7) is 0. The second-order valence-electron chi connectivity index (χ2n) is 5.02. The zero-order valence-corrected chi connectivity index (χ0v) is 11.7. The second-order valence-corrected chi connectivity index (χ2v) is 5.02. The maximum atomic E-state index is 13.2. The van der Waals surface area contributed by atoms with Gasteiger partial charge in [-0.1, -0.05) is 0 Å². The molecule has 1 N–H and O–H groups in total. The number of nitrogens with zero attached hydrogens (tertiary/aromatic N) is 1. The van der Waals surface area contributed by atoms with Crippen LogP contribution in [0, 0.1) is 11.6 Å². The molecule has 0 spiro atoms. The van der Waals surface area contributed by atoms with Crippen molar-refractivity contribution >= 4 is 0 Å². The lowest BCUT2D eigenvalue weighted by Gasteiger charge is -2.13. The number of rotatable bonds is 3. The first-order chi connectivity index (χ1) is 10.6. The Morgan fingerprint density at radius 1 is 0.773 bits per heavy atom. The molecule has 2 nitrogen and oxygen atoms in total. The van der Waals surface area contributed by atoms with Gasteiger partial charge in [0.1, 0.15) is 11.6 Å². The van der Waals surface area contributed by atoms with Gasteiger partial charge in [-0.05, 0) is 54.6 Å². The topological polar surface area (TPSA) is 24.1 Å². The van der Waals surface area contributed by atoms with Gasteiger partial charge in [-0.15, -0.1) is 0 Å². The Bertz CT molecular complexity index is 724. The minimum Gasteiger partial charge on any atom is -0.503 e. The van der Waals surface area contributed by atoms with E-state index in [1.165, 1.54) is 24.3 Å². The number of hydrogen-bond donors (Lipinski definition) is 1. The van der Waals surface area contributed by atoms with Crippen LogP contribution in [0.1, 0.15) is 17.2 Å². The van der Waals surface area contributed by atoms with Crippen LogP contribution in [-0.4, -0.2) is 5.11 Å².